The Morgan fingerprint density at radius 3 is 2.44 bits per heavy atom. The van der Waals surface area contributed by atoms with Crippen molar-refractivity contribution >= 4 is 46.4 Å². The maximum absolute atomic E-state index is 13.4. The zero-order chi connectivity index (χ0) is 28.9. The van der Waals surface area contributed by atoms with Crippen LogP contribution in [0.15, 0.2) is 60.0 Å². The number of thiophene rings is 1. The lowest BCUT2D eigenvalue weighted by Crippen LogP contribution is -2.36. The van der Waals surface area contributed by atoms with Crippen molar-refractivity contribution in [1.29, 1.82) is 0 Å². The van der Waals surface area contributed by atoms with Gasteiger partial charge in [0.05, 0.1) is 28.7 Å². The van der Waals surface area contributed by atoms with Crippen LogP contribution in [-0.4, -0.2) is 59.9 Å². The van der Waals surface area contributed by atoms with E-state index in [0.717, 1.165) is 30.5 Å². The smallest absolute Gasteiger partial charge is 0.305 e. The van der Waals surface area contributed by atoms with E-state index in [1.54, 1.807) is 24.3 Å². The molecule has 0 spiro atoms. The Morgan fingerprint density at radius 1 is 0.976 bits per heavy atom. The van der Waals surface area contributed by atoms with Crippen LogP contribution >= 0.6 is 11.3 Å². The number of aliphatic carboxylic acids is 1. The summed E-state index contributed by atoms with van der Waals surface area (Å²) in [6, 6.07) is 15.4. The van der Waals surface area contributed by atoms with Gasteiger partial charge in [0.2, 0.25) is 5.91 Å². The second-order valence-corrected chi connectivity index (χ2v) is 11.6. The van der Waals surface area contributed by atoms with Crippen LogP contribution in [0.3, 0.4) is 0 Å². The standard InChI is InChI=1S/C31H34N4O5S/c1-20-5-7-21(8-6-20)24(19-28(36)37)32-29(38)23-11-12-26(25(18-23)33-30(39)27-4-2-17-41-27)34-13-3-14-35(16-15-34)31(40)22-9-10-22/h2,4-8,11-12,17-18,22,24H,3,9-10,13-16,19H2,1H3,(H,32,38)(H,33,39)(H,36,37). The Morgan fingerprint density at radius 2 is 1.76 bits per heavy atom. The molecule has 2 fully saturated rings. The molecule has 0 bridgehead atoms. The second-order valence-electron chi connectivity index (χ2n) is 10.6. The highest BCUT2D eigenvalue weighted by Gasteiger charge is 2.34. The van der Waals surface area contributed by atoms with Crippen LogP contribution in [0.1, 0.15) is 62.9 Å². The van der Waals surface area contributed by atoms with Gasteiger partial charge in [0, 0.05) is 37.7 Å². The SMILES string of the molecule is Cc1ccc(C(CC(=O)O)NC(=O)c2ccc(N3CCCN(C(=O)C4CC4)CC3)c(NC(=O)c3cccs3)c2)cc1. The predicted molar refractivity (Wildman–Crippen MR) is 158 cm³/mol. The highest BCUT2D eigenvalue weighted by atomic mass is 32.1. The molecule has 1 aliphatic heterocycles. The molecule has 0 radical (unpaired) electrons. The van der Waals surface area contributed by atoms with Crippen LogP contribution < -0.4 is 15.5 Å². The van der Waals surface area contributed by atoms with Gasteiger partial charge in [0.1, 0.15) is 0 Å². The second kappa shape index (κ2) is 12.6. The monoisotopic (exact) mass is 574 g/mol. The predicted octanol–water partition coefficient (Wildman–Crippen LogP) is 4.70. The number of nitrogens with zero attached hydrogens (tertiary/aromatic N) is 2. The highest BCUT2D eigenvalue weighted by molar-refractivity contribution is 7.12. The van der Waals surface area contributed by atoms with Gasteiger partial charge in [0.15, 0.2) is 0 Å². The molecule has 1 atom stereocenters. The molecule has 2 aromatic carbocycles. The summed E-state index contributed by atoms with van der Waals surface area (Å²) >= 11 is 1.33. The number of carboxylic acids is 1. The van der Waals surface area contributed by atoms with Crippen molar-refractivity contribution in [3.05, 3.63) is 81.5 Å². The Labute approximate surface area is 243 Å². The van der Waals surface area contributed by atoms with E-state index in [1.807, 2.05) is 47.5 Å². The van der Waals surface area contributed by atoms with E-state index >= 15 is 0 Å². The molecule has 2 aliphatic rings. The fourth-order valence-corrected chi connectivity index (χ4v) is 5.70. The van der Waals surface area contributed by atoms with Crippen molar-refractivity contribution in [2.75, 3.05) is 36.4 Å². The summed E-state index contributed by atoms with van der Waals surface area (Å²) in [7, 11) is 0. The molecular formula is C31H34N4O5S. The van der Waals surface area contributed by atoms with Crippen LogP contribution in [0.2, 0.25) is 0 Å². The summed E-state index contributed by atoms with van der Waals surface area (Å²) in [4.78, 5) is 55.3. The van der Waals surface area contributed by atoms with Gasteiger partial charge >= 0.3 is 5.97 Å². The summed E-state index contributed by atoms with van der Waals surface area (Å²) in [6.45, 7) is 4.56. The Hall–Kier alpha value is -4.18. The molecular weight excluding hydrogens is 540 g/mol. The topological polar surface area (TPSA) is 119 Å². The molecule has 5 rings (SSSR count). The number of hydrogen-bond acceptors (Lipinski definition) is 6. The molecule has 3 aromatic rings. The molecule has 3 N–H and O–H groups in total. The molecule has 9 nitrogen and oxygen atoms in total. The minimum absolute atomic E-state index is 0.171. The molecule has 214 valence electrons. The largest absolute Gasteiger partial charge is 0.481 e. The summed E-state index contributed by atoms with van der Waals surface area (Å²) in [5.41, 5.74) is 3.29. The van der Waals surface area contributed by atoms with Crippen LogP contribution in [-0.2, 0) is 9.59 Å². The highest BCUT2D eigenvalue weighted by Crippen LogP contribution is 2.33. The number of rotatable bonds is 9. The first-order valence-electron chi connectivity index (χ1n) is 13.9. The number of carbonyl (C=O) groups excluding carboxylic acids is 3. The Kier molecular flexibility index (Phi) is 8.68. The van der Waals surface area contributed by atoms with Gasteiger partial charge in [-0.05, 0) is 61.4 Å². The van der Waals surface area contributed by atoms with E-state index in [9.17, 15) is 24.3 Å². The number of amides is 3. The van der Waals surface area contributed by atoms with Crippen molar-refractivity contribution in [3.8, 4) is 0 Å². The molecule has 1 aromatic heterocycles. The number of carbonyl (C=O) groups is 4. The van der Waals surface area contributed by atoms with Gasteiger partial charge in [-0.3, -0.25) is 19.2 Å². The Bertz CT molecular complexity index is 1420. The number of benzene rings is 2. The van der Waals surface area contributed by atoms with Crippen molar-refractivity contribution in [2.45, 2.75) is 38.6 Å². The van der Waals surface area contributed by atoms with Crippen molar-refractivity contribution < 1.29 is 24.3 Å². The zero-order valence-corrected chi connectivity index (χ0v) is 23.8. The maximum atomic E-state index is 13.4. The van der Waals surface area contributed by atoms with Gasteiger partial charge in [0.25, 0.3) is 11.8 Å². The Balaban J connectivity index is 1.39. The summed E-state index contributed by atoms with van der Waals surface area (Å²) < 4.78 is 0. The molecule has 3 amide bonds. The molecule has 1 aliphatic carbocycles. The third-order valence-electron chi connectivity index (χ3n) is 7.49. The fraction of sp³-hybridized carbons (Fsp3) is 0.355. The molecule has 41 heavy (non-hydrogen) atoms. The van der Waals surface area contributed by atoms with Gasteiger partial charge in [-0.1, -0.05) is 35.9 Å². The number of nitrogens with one attached hydrogen (secondary N) is 2. The number of anilines is 2. The van der Waals surface area contributed by atoms with E-state index in [2.05, 4.69) is 15.5 Å². The molecule has 1 saturated carbocycles. The number of aryl methyl sites for hydroxylation is 1. The average molecular weight is 575 g/mol. The third kappa shape index (κ3) is 7.13. The van der Waals surface area contributed by atoms with E-state index in [0.29, 0.717) is 47.9 Å². The van der Waals surface area contributed by atoms with Gasteiger partial charge in [-0.2, -0.15) is 0 Å². The summed E-state index contributed by atoms with van der Waals surface area (Å²) in [5, 5.41) is 17.2. The van der Waals surface area contributed by atoms with E-state index < -0.39 is 17.9 Å². The third-order valence-corrected chi connectivity index (χ3v) is 8.36. The van der Waals surface area contributed by atoms with Crippen LogP contribution in [0.4, 0.5) is 11.4 Å². The van der Waals surface area contributed by atoms with Gasteiger partial charge < -0.3 is 25.5 Å². The quantitative estimate of drug-likeness (QED) is 0.341. The number of carboxylic acid groups (broad SMARTS) is 1. The normalized spacial score (nSPS) is 16.0. The lowest BCUT2D eigenvalue weighted by molar-refractivity contribution is -0.137. The van der Waals surface area contributed by atoms with Gasteiger partial charge in [-0.15, -0.1) is 11.3 Å². The summed E-state index contributed by atoms with van der Waals surface area (Å²) in [6.07, 6.45) is 2.47. The van der Waals surface area contributed by atoms with Gasteiger partial charge in [-0.25, -0.2) is 0 Å². The molecule has 2 heterocycles. The lowest BCUT2D eigenvalue weighted by Gasteiger charge is -2.26. The van der Waals surface area contributed by atoms with Crippen molar-refractivity contribution in [3.63, 3.8) is 0 Å². The van der Waals surface area contributed by atoms with E-state index in [1.165, 1.54) is 11.3 Å². The minimum atomic E-state index is -1.02. The summed E-state index contributed by atoms with van der Waals surface area (Å²) in [5.74, 6) is -1.33. The average Bonchev–Trinajstić information content (AvgIpc) is 3.71. The molecule has 1 saturated heterocycles. The van der Waals surface area contributed by atoms with E-state index in [-0.39, 0.29) is 24.2 Å². The first-order chi connectivity index (χ1) is 19.8. The maximum Gasteiger partial charge on any atom is 0.305 e. The van der Waals surface area contributed by atoms with Crippen LogP contribution in [0.25, 0.3) is 0 Å². The zero-order valence-electron chi connectivity index (χ0n) is 23.0. The molecule has 10 heteroatoms. The van der Waals surface area contributed by atoms with Crippen LogP contribution in [0, 0.1) is 12.8 Å². The van der Waals surface area contributed by atoms with Crippen LogP contribution in [0.5, 0.6) is 0 Å². The van der Waals surface area contributed by atoms with Crippen molar-refractivity contribution in [1.82, 2.24) is 10.2 Å². The fourth-order valence-electron chi connectivity index (χ4n) is 5.08. The molecule has 1 unspecified atom stereocenters. The first-order valence-corrected chi connectivity index (χ1v) is 14.8. The number of hydrogen-bond donors (Lipinski definition) is 3. The minimum Gasteiger partial charge on any atom is -0.481 e. The first kappa shape index (κ1) is 28.4. The van der Waals surface area contributed by atoms with E-state index in [4.69, 9.17) is 0 Å². The lowest BCUT2D eigenvalue weighted by atomic mass is 10.0. The van der Waals surface area contributed by atoms with Crippen molar-refractivity contribution in [2.24, 2.45) is 5.92 Å².